The molecule has 1 aliphatic carbocycles. The fourth-order valence-electron chi connectivity index (χ4n) is 2.85. The first-order chi connectivity index (χ1) is 8.70. The molecule has 3 heteroatoms. The molecule has 1 aromatic carbocycles. The van der Waals surface area contributed by atoms with Crippen LogP contribution in [0.3, 0.4) is 0 Å². The monoisotopic (exact) mass is 248 g/mol. The number of hydrogen-bond donors (Lipinski definition) is 2. The summed E-state index contributed by atoms with van der Waals surface area (Å²) in [5.74, 6) is 0.956. The summed E-state index contributed by atoms with van der Waals surface area (Å²) in [6, 6.07) is 9.40. The van der Waals surface area contributed by atoms with Crippen LogP contribution in [-0.4, -0.2) is 19.2 Å². The van der Waals surface area contributed by atoms with Crippen molar-refractivity contribution < 1.29 is 4.74 Å². The van der Waals surface area contributed by atoms with Gasteiger partial charge in [-0.2, -0.15) is 0 Å². The average molecular weight is 248 g/mol. The second-order valence-corrected chi connectivity index (χ2v) is 5.25. The Morgan fingerprint density at radius 2 is 2.11 bits per heavy atom. The van der Waals surface area contributed by atoms with Gasteiger partial charge in [0.25, 0.3) is 0 Å². The van der Waals surface area contributed by atoms with Crippen LogP contribution in [-0.2, 0) is 0 Å². The molecule has 0 amide bonds. The summed E-state index contributed by atoms with van der Waals surface area (Å²) in [5.41, 5.74) is 7.25. The van der Waals surface area contributed by atoms with Crippen molar-refractivity contribution in [3.8, 4) is 5.75 Å². The molecule has 0 spiro atoms. The van der Waals surface area contributed by atoms with Crippen LogP contribution < -0.4 is 15.8 Å². The fraction of sp³-hybridized carbons (Fsp3) is 0.600. The summed E-state index contributed by atoms with van der Waals surface area (Å²) in [6.07, 6.45) is 4.71. The molecular formula is C15H24N2O. The van der Waals surface area contributed by atoms with Crippen LogP contribution in [0.2, 0.25) is 0 Å². The SMILES string of the molecule is COc1ccccc1[C@@H](C)NC1CCCC(N)C1. The first-order valence-electron chi connectivity index (χ1n) is 6.85. The molecule has 1 aromatic rings. The number of methoxy groups -OCH3 is 1. The quantitative estimate of drug-likeness (QED) is 0.861. The third kappa shape index (κ3) is 3.24. The number of benzene rings is 1. The summed E-state index contributed by atoms with van der Waals surface area (Å²) in [7, 11) is 1.72. The molecule has 0 radical (unpaired) electrons. The third-order valence-electron chi connectivity index (χ3n) is 3.81. The van der Waals surface area contributed by atoms with E-state index in [0.717, 1.165) is 12.2 Å². The third-order valence-corrected chi connectivity index (χ3v) is 3.81. The number of rotatable bonds is 4. The number of ether oxygens (including phenoxy) is 1. The summed E-state index contributed by atoms with van der Waals surface area (Å²) in [6.45, 7) is 2.19. The van der Waals surface area contributed by atoms with E-state index < -0.39 is 0 Å². The van der Waals surface area contributed by atoms with Crippen molar-refractivity contribution in [1.29, 1.82) is 0 Å². The summed E-state index contributed by atoms with van der Waals surface area (Å²) in [4.78, 5) is 0. The first-order valence-corrected chi connectivity index (χ1v) is 6.85. The van der Waals surface area contributed by atoms with Gasteiger partial charge < -0.3 is 15.8 Å². The van der Waals surface area contributed by atoms with Crippen molar-refractivity contribution >= 4 is 0 Å². The lowest BCUT2D eigenvalue weighted by Gasteiger charge is -2.30. The van der Waals surface area contributed by atoms with Gasteiger partial charge in [0.05, 0.1) is 7.11 Å². The molecule has 18 heavy (non-hydrogen) atoms. The van der Waals surface area contributed by atoms with Gasteiger partial charge in [0.1, 0.15) is 5.75 Å². The smallest absolute Gasteiger partial charge is 0.123 e. The maximum Gasteiger partial charge on any atom is 0.123 e. The highest BCUT2D eigenvalue weighted by atomic mass is 16.5. The molecule has 0 aromatic heterocycles. The van der Waals surface area contributed by atoms with Gasteiger partial charge in [-0.25, -0.2) is 0 Å². The molecule has 0 aliphatic heterocycles. The van der Waals surface area contributed by atoms with Gasteiger partial charge in [0, 0.05) is 23.7 Å². The second kappa shape index (κ2) is 6.21. The topological polar surface area (TPSA) is 47.3 Å². The van der Waals surface area contributed by atoms with E-state index in [4.69, 9.17) is 10.5 Å². The van der Waals surface area contributed by atoms with Crippen LogP contribution in [0, 0.1) is 0 Å². The molecule has 1 saturated carbocycles. The first kappa shape index (κ1) is 13.4. The van der Waals surface area contributed by atoms with Crippen molar-refractivity contribution in [2.75, 3.05) is 7.11 Å². The van der Waals surface area contributed by atoms with Crippen molar-refractivity contribution in [2.24, 2.45) is 5.73 Å². The van der Waals surface area contributed by atoms with E-state index in [2.05, 4.69) is 24.4 Å². The summed E-state index contributed by atoms with van der Waals surface area (Å²) in [5, 5.41) is 3.68. The second-order valence-electron chi connectivity index (χ2n) is 5.25. The molecule has 100 valence electrons. The fourth-order valence-corrected chi connectivity index (χ4v) is 2.85. The van der Waals surface area contributed by atoms with Crippen molar-refractivity contribution in [3.05, 3.63) is 29.8 Å². The van der Waals surface area contributed by atoms with Gasteiger partial charge in [0.15, 0.2) is 0 Å². The van der Waals surface area contributed by atoms with Crippen LogP contribution in [0.5, 0.6) is 5.75 Å². The molecule has 2 unspecified atom stereocenters. The zero-order chi connectivity index (χ0) is 13.0. The van der Waals surface area contributed by atoms with E-state index in [1.165, 1.54) is 24.8 Å². The van der Waals surface area contributed by atoms with Crippen LogP contribution in [0.1, 0.15) is 44.2 Å². The molecule has 0 bridgehead atoms. The highest BCUT2D eigenvalue weighted by molar-refractivity contribution is 5.35. The summed E-state index contributed by atoms with van der Waals surface area (Å²) >= 11 is 0. The van der Waals surface area contributed by atoms with Gasteiger partial charge in [0.2, 0.25) is 0 Å². The Hall–Kier alpha value is -1.06. The Morgan fingerprint density at radius 3 is 2.83 bits per heavy atom. The predicted molar refractivity (Wildman–Crippen MR) is 74.8 cm³/mol. The predicted octanol–water partition coefficient (Wildman–Crippen LogP) is 2.62. The van der Waals surface area contributed by atoms with Crippen LogP contribution in [0.4, 0.5) is 0 Å². The van der Waals surface area contributed by atoms with E-state index >= 15 is 0 Å². The van der Waals surface area contributed by atoms with Crippen molar-refractivity contribution in [3.63, 3.8) is 0 Å². The molecule has 3 atom stereocenters. The minimum atomic E-state index is 0.302. The number of nitrogens with two attached hydrogens (primary N) is 1. The molecular weight excluding hydrogens is 224 g/mol. The molecule has 0 saturated heterocycles. The van der Waals surface area contributed by atoms with E-state index in [1.807, 2.05) is 12.1 Å². The maximum atomic E-state index is 6.03. The zero-order valence-corrected chi connectivity index (χ0v) is 11.4. The van der Waals surface area contributed by atoms with Crippen molar-refractivity contribution in [2.45, 2.75) is 50.7 Å². The highest BCUT2D eigenvalue weighted by Gasteiger charge is 2.21. The normalized spacial score (nSPS) is 25.7. The summed E-state index contributed by atoms with van der Waals surface area (Å²) < 4.78 is 5.41. The average Bonchev–Trinajstić information content (AvgIpc) is 2.38. The van der Waals surface area contributed by atoms with Gasteiger partial charge >= 0.3 is 0 Å². The molecule has 3 N–H and O–H groups in total. The zero-order valence-electron chi connectivity index (χ0n) is 11.4. The standard InChI is InChI=1S/C15H24N2O/c1-11(14-8-3-4-9-15(14)18-2)17-13-7-5-6-12(16)10-13/h3-4,8-9,11-13,17H,5-7,10,16H2,1-2H3/t11-,12?,13?/m1/s1. The maximum absolute atomic E-state index is 6.03. The van der Waals surface area contributed by atoms with Gasteiger partial charge in [-0.05, 0) is 32.3 Å². The largest absolute Gasteiger partial charge is 0.496 e. The molecule has 0 heterocycles. The lowest BCUT2D eigenvalue weighted by Crippen LogP contribution is -2.40. The molecule has 2 rings (SSSR count). The van der Waals surface area contributed by atoms with Gasteiger partial charge in [-0.1, -0.05) is 24.6 Å². The van der Waals surface area contributed by atoms with Crippen LogP contribution in [0.15, 0.2) is 24.3 Å². The van der Waals surface area contributed by atoms with E-state index in [1.54, 1.807) is 7.11 Å². The van der Waals surface area contributed by atoms with E-state index in [9.17, 15) is 0 Å². The highest BCUT2D eigenvalue weighted by Crippen LogP contribution is 2.26. The molecule has 3 nitrogen and oxygen atoms in total. The molecule has 1 fully saturated rings. The minimum absolute atomic E-state index is 0.302. The minimum Gasteiger partial charge on any atom is -0.496 e. The Labute approximate surface area is 110 Å². The van der Waals surface area contributed by atoms with Crippen LogP contribution in [0.25, 0.3) is 0 Å². The molecule has 1 aliphatic rings. The lowest BCUT2D eigenvalue weighted by molar-refractivity contribution is 0.314. The number of nitrogens with one attached hydrogen (secondary N) is 1. The van der Waals surface area contributed by atoms with Crippen LogP contribution >= 0.6 is 0 Å². The van der Waals surface area contributed by atoms with Gasteiger partial charge in [-0.3, -0.25) is 0 Å². The number of hydrogen-bond acceptors (Lipinski definition) is 3. The van der Waals surface area contributed by atoms with Crippen molar-refractivity contribution in [1.82, 2.24) is 5.32 Å². The Bertz CT molecular complexity index is 381. The van der Waals surface area contributed by atoms with E-state index in [-0.39, 0.29) is 0 Å². The lowest BCUT2D eigenvalue weighted by atomic mass is 9.90. The Kier molecular flexibility index (Phi) is 4.61. The van der Waals surface area contributed by atoms with Gasteiger partial charge in [-0.15, -0.1) is 0 Å². The van der Waals surface area contributed by atoms with E-state index in [0.29, 0.717) is 18.1 Å². The Morgan fingerprint density at radius 1 is 1.33 bits per heavy atom. The Balaban J connectivity index is 2.00. The number of para-hydroxylation sites is 1.